The van der Waals surface area contributed by atoms with Crippen molar-refractivity contribution in [3.05, 3.63) is 70.8 Å². The first-order valence-electron chi connectivity index (χ1n) is 9.03. The summed E-state index contributed by atoms with van der Waals surface area (Å²) >= 11 is 0. The van der Waals surface area contributed by atoms with E-state index in [1.807, 2.05) is 0 Å². The number of carbonyl (C=O) groups is 4. The van der Waals surface area contributed by atoms with Gasteiger partial charge in [-0.3, -0.25) is 19.4 Å². The van der Waals surface area contributed by atoms with E-state index in [9.17, 15) is 19.2 Å². The number of hydrogen-bond donors (Lipinski definition) is 0. The van der Waals surface area contributed by atoms with E-state index in [-0.39, 0.29) is 5.57 Å². The molecule has 0 aliphatic carbocycles. The molecule has 0 spiro atoms. The average molecular weight is 408 g/mol. The van der Waals surface area contributed by atoms with Gasteiger partial charge in [0.1, 0.15) is 17.9 Å². The lowest BCUT2D eigenvalue weighted by Crippen LogP contribution is -2.52. The van der Waals surface area contributed by atoms with E-state index < -0.39 is 23.8 Å². The Bertz CT molecular complexity index is 999. The minimum absolute atomic E-state index is 0.0843. The van der Waals surface area contributed by atoms with Crippen LogP contribution in [0.3, 0.4) is 0 Å². The highest BCUT2D eigenvalue weighted by molar-refractivity contribution is 6.30. The number of benzene rings is 2. The molecule has 1 heterocycles. The molecule has 1 aliphatic rings. The zero-order valence-electron chi connectivity index (χ0n) is 16.7. The number of urea groups is 1. The summed E-state index contributed by atoms with van der Waals surface area (Å²) in [5, 5.41) is 0. The molecule has 1 saturated heterocycles. The van der Waals surface area contributed by atoms with Crippen LogP contribution in [-0.4, -0.2) is 54.8 Å². The molecular formula is C22H20N2O6. The van der Waals surface area contributed by atoms with Crippen molar-refractivity contribution in [1.29, 1.82) is 0 Å². The maximum atomic E-state index is 12.2. The van der Waals surface area contributed by atoms with Gasteiger partial charge in [-0.15, -0.1) is 0 Å². The smallest absolute Gasteiger partial charge is 0.337 e. The number of esters is 1. The highest BCUT2D eigenvalue weighted by Crippen LogP contribution is 2.20. The maximum Gasteiger partial charge on any atom is 0.337 e. The molecule has 1 fully saturated rings. The molecule has 30 heavy (non-hydrogen) atoms. The lowest BCUT2D eigenvalue weighted by molar-refractivity contribution is -0.134. The fourth-order valence-electron chi connectivity index (χ4n) is 2.82. The molecule has 0 N–H and O–H groups in total. The van der Waals surface area contributed by atoms with Crippen LogP contribution in [0.5, 0.6) is 5.75 Å². The average Bonchev–Trinajstić information content (AvgIpc) is 2.78. The van der Waals surface area contributed by atoms with Gasteiger partial charge in [0.2, 0.25) is 0 Å². The van der Waals surface area contributed by atoms with Crippen LogP contribution in [0, 0.1) is 0 Å². The first-order chi connectivity index (χ1) is 14.3. The molecule has 1 aliphatic heterocycles. The minimum atomic E-state index is -0.662. The van der Waals surface area contributed by atoms with Gasteiger partial charge in [-0.2, -0.15) is 0 Å². The fourth-order valence-corrected chi connectivity index (χ4v) is 2.82. The second-order valence-electron chi connectivity index (χ2n) is 6.62. The lowest BCUT2D eigenvalue weighted by Gasteiger charge is -2.28. The second-order valence-corrected chi connectivity index (χ2v) is 6.62. The van der Waals surface area contributed by atoms with Crippen molar-refractivity contribution in [2.45, 2.75) is 6.61 Å². The molecule has 0 aromatic heterocycles. The Balaban J connectivity index is 1.67. The summed E-state index contributed by atoms with van der Waals surface area (Å²) in [4.78, 5) is 49.5. The Hall–Kier alpha value is -3.94. The molecule has 0 bridgehead atoms. The zero-order valence-corrected chi connectivity index (χ0v) is 16.7. The number of rotatable bonds is 5. The first-order valence-corrected chi connectivity index (χ1v) is 9.03. The van der Waals surface area contributed by atoms with Crippen molar-refractivity contribution >= 4 is 29.9 Å². The van der Waals surface area contributed by atoms with Gasteiger partial charge in [-0.05, 0) is 41.5 Å². The molecule has 8 nitrogen and oxygen atoms in total. The maximum absolute atomic E-state index is 12.2. The summed E-state index contributed by atoms with van der Waals surface area (Å²) in [5.41, 5.74) is 1.88. The van der Waals surface area contributed by atoms with Crippen LogP contribution < -0.4 is 4.74 Å². The Labute approximate surface area is 173 Å². The van der Waals surface area contributed by atoms with Crippen molar-refractivity contribution in [2.75, 3.05) is 21.2 Å². The number of likely N-dealkylation sites (N-methyl/N-ethyl adjacent to an activating group) is 2. The molecule has 3 rings (SSSR count). The van der Waals surface area contributed by atoms with Crippen LogP contribution in [0.15, 0.2) is 54.1 Å². The highest BCUT2D eigenvalue weighted by atomic mass is 16.5. The lowest BCUT2D eigenvalue weighted by atomic mass is 10.1. The topological polar surface area (TPSA) is 93.2 Å². The normalized spacial score (nSPS) is 14.1. The van der Waals surface area contributed by atoms with Gasteiger partial charge < -0.3 is 9.47 Å². The predicted molar refractivity (Wildman–Crippen MR) is 107 cm³/mol. The first kappa shape index (κ1) is 20.8. The number of carbonyl (C=O) groups excluding carboxylic acids is 4. The number of methoxy groups -OCH3 is 1. The quantitative estimate of drug-likeness (QED) is 0.429. The summed E-state index contributed by atoms with van der Waals surface area (Å²) in [6, 6.07) is 13.1. The summed E-state index contributed by atoms with van der Waals surface area (Å²) in [7, 11) is 3.99. The Morgan fingerprint density at radius 2 is 1.47 bits per heavy atom. The molecule has 0 atom stereocenters. The van der Waals surface area contributed by atoms with Gasteiger partial charge in [0.15, 0.2) is 0 Å². The number of ether oxygens (including phenoxy) is 2. The predicted octanol–water partition coefficient (Wildman–Crippen LogP) is 2.49. The van der Waals surface area contributed by atoms with E-state index in [1.165, 1.54) is 27.3 Å². The Kier molecular flexibility index (Phi) is 5.96. The van der Waals surface area contributed by atoms with E-state index in [4.69, 9.17) is 4.74 Å². The minimum Gasteiger partial charge on any atom is -0.489 e. The summed E-state index contributed by atoms with van der Waals surface area (Å²) in [6.07, 6.45) is 1.44. The monoisotopic (exact) mass is 408 g/mol. The van der Waals surface area contributed by atoms with Crippen LogP contribution in [0.2, 0.25) is 0 Å². The highest BCUT2D eigenvalue weighted by Gasteiger charge is 2.37. The van der Waals surface area contributed by atoms with E-state index in [0.29, 0.717) is 23.5 Å². The number of imide groups is 2. The van der Waals surface area contributed by atoms with Gasteiger partial charge in [0.05, 0.1) is 12.7 Å². The van der Waals surface area contributed by atoms with E-state index >= 15 is 0 Å². The molecule has 2 aromatic carbocycles. The molecule has 2 aromatic rings. The van der Waals surface area contributed by atoms with E-state index in [2.05, 4.69) is 4.74 Å². The molecule has 4 amide bonds. The Morgan fingerprint density at radius 1 is 0.900 bits per heavy atom. The van der Waals surface area contributed by atoms with Gasteiger partial charge in [0, 0.05) is 14.1 Å². The molecule has 0 saturated carbocycles. The van der Waals surface area contributed by atoms with Crippen molar-refractivity contribution < 1.29 is 28.7 Å². The molecule has 154 valence electrons. The summed E-state index contributed by atoms with van der Waals surface area (Å²) < 4.78 is 10.4. The number of barbiturate groups is 1. The molecular weight excluding hydrogens is 388 g/mol. The fraction of sp³-hybridized carbons (Fsp3) is 0.182. The third kappa shape index (κ3) is 4.22. The Morgan fingerprint density at radius 3 is 2.00 bits per heavy atom. The third-order valence-electron chi connectivity index (χ3n) is 4.62. The van der Waals surface area contributed by atoms with Gasteiger partial charge in [-0.25, -0.2) is 9.59 Å². The van der Waals surface area contributed by atoms with Crippen molar-refractivity contribution in [1.82, 2.24) is 9.80 Å². The van der Waals surface area contributed by atoms with Crippen LogP contribution >= 0.6 is 0 Å². The van der Waals surface area contributed by atoms with Crippen molar-refractivity contribution in [3.8, 4) is 5.75 Å². The van der Waals surface area contributed by atoms with Crippen LogP contribution in [0.1, 0.15) is 21.5 Å². The van der Waals surface area contributed by atoms with E-state index in [0.717, 1.165) is 15.4 Å². The third-order valence-corrected chi connectivity index (χ3v) is 4.62. The number of amides is 4. The number of nitrogens with zero attached hydrogens (tertiary/aromatic N) is 2. The number of hydrogen-bond acceptors (Lipinski definition) is 6. The summed E-state index contributed by atoms with van der Waals surface area (Å²) in [5.74, 6) is -1.08. The second kappa shape index (κ2) is 8.60. The van der Waals surface area contributed by atoms with Gasteiger partial charge in [-0.1, -0.05) is 24.3 Å². The largest absolute Gasteiger partial charge is 0.489 e. The van der Waals surface area contributed by atoms with Crippen LogP contribution in [0.4, 0.5) is 4.79 Å². The standard InChI is InChI=1S/C22H20N2O6/c1-23-19(25)18(20(26)24(2)22(23)28)12-14-6-10-17(11-7-14)30-13-15-4-8-16(9-5-15)21(27)29-3/h4-12H,13H2,1-3H3. The molecule has 0 unspecified atom stereocenters. The van der Waals surface area contributed by atoms with Crippen molar-refractivity contribution in [3.63, 3.8) is 0 Å². The molecule has 8 heteroatoms. The summed E-state index contributed by atoms with van der Waals surface area (Å²) in [6.45, 7) is 0.302. The van der Waals surface area contributed by atoms with Gasteiger partial charge in [0.25, 0.3) is 11.8 Å². The SMILES string of the molecule is COC(=O)c1ccc(COc2ccc(C=C3C(=O)N(C)C(=O)N(C)C3=O)cc2)cc1. The van der Waals surface area contributed by atoms with Crippen molar-refractivity contribution in [2.24, 2.45) is 0 Å². The van der Waals surface area contributed by atoms with Crippen LogP contribution in [-0.2, 0) is 20.9 Å². The van der Waals surface area contributed by atoms with Crippen LogP contribution in [0.25, 0.3) is 6.08 Å². The van der Waals surface area contributed by atoms with E-state index in [1.54, 1.807) is 48.5 Å². The van der Waals surface area contributed by atoms with Gasteiger partial charge >= 0.3 is 12.0 Å². The zero-order chi connectivity index (χ0) is 21.8. The molecule has 0 radical (unpaired) electrons.